The molecule has 4 nitrogen and oxygen atoms in total. The summed E-state index contributed by atoms with van der Waals surface area (Å²) >= 11 is 0. The van der Waals surface area contributed by atoms with Crippen LogP contribution in [-0.4, -0.2) is 30.3 Å². The van der Waals surface area contributed by atoms with E-state index in [4.69, 9.17) is 4.74 Å². The van der Waals surface area contributed by atoms with Crippen molar-refractivity contribution in [1.82, 2.24) is 5.32 Å². The Morgan fingerprint density at radius 2 is 1.86 bits per heavy atom. The number of carbonyl (C=O) groups excluding carboxylic acids is 1. The minimum atomic E-state index is -0.462. The standard InChI is InChI=1S/C17H27NO3/c1-12(2)16(20)17(4,5)11-18-15(19)10-21-14-8-6-13(3)7-9-14/h6-9,12,16,20H,10-11H2,1-5H3,(H,18,19). The van der Waals surface area contributed by atoms with Crippen LogP contribution < -0.4 is 10.1 Å². The zero-order chi connectivity index (χ0) is 16.0. The molecule has 0 bridgehead atoms. The van der Waals surface area contributed by atoms with E-state index in [1.54, 1.807) is 0 Å². The summed E-state index contributed by atoms with van der Waals surface area (Å²) in [5, 5.41) is 12.9. The van der Waals surface area contributed by atoms with Crippen LogP contribution in [0.2, 0.25) is 0 Å². The summed E-state index contributed by atoms with van der Waals surface area (Å²) in [5.41, 5.74) is 0.782. The van der Waals surface area contributed by atoms with Crippen LogP contribution in [0.4, 0.5) is 0 Å². The quantitative estimate of drug-likeness (QED) is 0.812. The molecule has 0 saturated carbocycles. The van der Waals surface area contributed by atoms with Crippen molar-refractivity contribution >= 4 is 5.91 Å². The van der Waals surface area contributed by atoms with Crippen LogP contribution >= 0.6 is 0 Å². The number of aliphatic hydroxyl groups excluding tert-OH is 1. The van der Waals surface area contributed by atoms with Crippen molar-refractivity contribution in [3.05, 3.63) is 29.8 Å². The average Bonchev–Trinajstić information content (AvgIpc) is 2.43. The second-order valence-corrected chi connectivity index (χ2v) is 6.56. The number of amides is 1. The second-order valence-electron chi connectivity index (χ2n) is 6.56. The second kappa shape index (κ2) is 7.46. The van der Waals surface area contributed by atoms with Crippen LogP contribution in [0.1, 0.15) is 33.3 Å². The normalized spacial score (nSPS) is 13.1. The number of hydrogen-bond donors (Lipinski definition) is 2. The van der Waals surface area contributed by atoms with Crippen LogP contribution in [0, 0.1) is 18.3 Å². The Morgan fingerprint density at radius 3 is 2.38 bits per heavy atom. The van der Waals surface area contributed by atoms with E-state index in [1.165, 1.54) is 0 Å². The van der Waals surface area contributed by atoms with Gasteiger partial charge >= 0.3 is 0 Å². The van der Waals surface area contributed by atoms with Gasteiger partial charge in [0.15, 0.2) is 6.61 Å². The first-order chi connectivity index (χ1) is 9.72. The molecule has 21 heavy (non-hydrogen) atoms. The lowest BCUT2D eigenvalue weighted by atomic mass is 9.81. The molecule has 0 aliphatic rings. The van der Waals surface area contributed by atoms with E-state index in [9.17, 15) is 9.90 Å². The maximum atomic E-state index is 11.8. The fourth-order valence-corrected chi connectivity index (χ4v) is 2.17. The van der Waals surface area contributed by atoms with Gasteiger partial charge in [0.1, 0.15) is 5.75 Å². The molecule has 0 aromatic heterocycles. The Hall–Kier alpha value is -1.55. The summed E-state index contributed by atoms with van der Waals surface area (Å²) in [6.07, 6.45) is -0.462. The van der Waals surface area contributed by atoms with E-state index >= 15 is 0 Å². The van der Waals surface area contributed by atoms with E-state index in [0.717, 1.165) is 5.56 Å². The lowest BCUT2D eigenvalue weighted by molar-refractivity contribution is -0.124. The van der Waals surface area contributed by atoms with Crippen LogP contribution in [0.15, 0.2) is 24.3 Å². The average molecular weight is 293 g/mol. The highest BCUT2D eigenvalue weighted by atomic mass is 16.5. The predicted molar refractivity (Wildman–Crippen MR) is 84.3 cm³/mol. The lowest BCUT2D eigenvalue weighted by Crippen LogP contribution is -2.44. The van der Waals surface area contributed by atoms with Gasteiger partial charge in [-0.2, -0.15) is 0 Å². The first-order valence-electron chi connectivity index (χ1n) is 7.36. The van der Waals surface area contributed by atoms with Gasteiger partial charge < -0.3 is 15.2 Å². The third-order valence-corrected chi connectivity index (χ3v) is 3.56. The van der Waals surface area contributed by atoms with Gasteiger partial charge in [0.2, 0.25) is 0 Å². The van der Waals surface area contributed by atoms with Gasteiger partial charge in [0.05, 0.1) is 6.10 Å². The van der Waals surface area contributed by atoms with Crippen molar-refractivity contribution in [2.45, 2.75) is 40.7 Å². The molecule has 1 aromatic rings. The molecule has 1 aromatic carbocycles. The van der Waals surface area contributed by atoms with Crippen molar-refractivity contribution in [1.29, 1.82) is 0 Å². The van der Waals surface area contributed by atoms with Crippen LogP contribution in [0.5, 0.6) is 5.75 Å². The summed E-state index contributed by atoms with van der Waals surface area (Å²) in [6.45, 7) is 10.2. The Labute approximate surface area is 127 Å². The van der Waals surface area contributed by atoms with Crippen LogP contribution in [0.25, 0.3) is 0 Å². The summed E-state index contributed by atoms with van der Waals surface area (Å²) in [7, 11) is 0. The number of ether oxygens (including phenoxy) is 1. The van der Waals surface area contributed by atoms with Crippen molar-refractivity contribution in [3.8, 4) is 5.75 Å². The molecule has 118 valence electrons. The van der Waals surface area contributed by atoms with Crippen molar-refractivity contribution < 1.29 is 14.6 Å². The number of carbonyl (C=O) groups is 1. The fourth-order valence-electron chi connectivity index (χ4n) is 2.17. The Kier molecular flexibility index (Phi) is 6.21. The third kappa shape index (κ3) is 5.76. The minimum Gasteiger partial charge on any atom is -0.484 e. The van der Waals surface area contributed by atoms with Crippen LogP contribution in [0.3, 0.4) is 0 Å². The molecule has 0 heterocycles. The zero-order valence-corrected chi connectivity index (χ0v) is 13.6. The largest absolute Gasteiger partial charge is 0.484 e. The number of rotatable bonds is 7. The van der Waals surface area contributed by atoms with Gasteiger partial charge in [-0.15, -0.1) is 0 Å². The van der Waals surface area contributed by atoms with E-state index < -0.39 is 6.10 Å². The predicted octanol–water partition coefficient (Wildman–Crippen LogP) is 2.53. The maximum absolute atomic E-state index is 11.8. The highest BCUT2D eigenvalue weighted by Crippen LogP contribution is 2.25. The highest BCUT2D eigenvalue weighted by molar-refractivity contribution is 5.77. The summed E-state index contributed by atoms with van der Waals surface area (Å²) in [4.78, 5) is 11.8. The van der Waals surface area contributed by atoms with Crippen molar-refractivity contribution in [3.63, 3.8) is 0 Å². The molecular weight excluding hydrogens is 266 g/mol. The lowest BCUT2D eigenvalue weighted by Gasteiger charge is -2.33. The van der Waals surface area contributed by atoms with Gasteiger partial charge in [-0.25, -0.2) is 0 Å². The molecule has 0 radical (unpaired) electrons. The molecule has 0 spiro atoms. The summed E-state index contributed by atoms with van der Waals surface area (Å²) < 4.78 is 5.42. The highest BCUT2D eigenvalue weighted by Gasteiger charge is 2.30. The topological polar surface area (TPSA) is 58.6 Å². The SMILES string of the molecule is Cc1ccc(OCC(=O)NCC(C)(C)C(O)C(C)C)cc1. The Balaban J connectivity index is 2.39. The van der Waals surface area contributed by atoms with Crippen molar-refractivity contribution in [2.75, 3.05) is 13.2 Å². The first-order valence-corrected chi connectivity index (χ1v) is 7.36. The Morgan fingerprint density at radius 1 is 1.29 bits per heavy atom. The number of hydrogen-bond acceptors (Lipinski definition) is 3. The van der Waals surface area contributed by atoms with Gasteiger partial charge in [-0.3, -0.25) is 4.79 Å². The fraction of sp³-hybridized carbons (Fsp3) is 0.588. The molecule has 0 fully saturated rings. The van der Waals surface area contributed by atoms with Crippen molar-refractivity contribution in [2.24, 2.45) is 11.3 Å². The first kappa shape index (κ1) is 17.5. The number of aryl methyl sites for hydroxylation is 1. The molecule has 1 unspecified atom stereocenters. The number of aliphatic hydroxyl groups is 1. The number of benzene rings is 1. The molecule has 1 atom stereocenters. The molecule has 0 aliphatic heterocycles. The monoisotopic (exact) mass is 293 g/mol. The molecular formula is C17H27NO3. The maximum Gasteiger partial charge on any atom is 0.257 e. The Bertz CT molecular complexity index is 452. The van der Waals surface area contributed by atoms with Gasteiger partial charge in [0, 0.05) is 12.0 Å². The molecule has 2 N–H and O–H groups in total. The van der Waals surface area contributed by atoms with E-state index in [0.29, 0.717) is 12.3 Å². The minimum absolute atomic E-state index is 0.0169. The van der Waals surface area contributed by atoms with Crippen LogP contribution in [-0.2, 0) is 4.79 Å². The van der Waals surface area contributed by atoms with E-state index in [-0.39, 0.29) is 23.8 Å². The van der Waals surface area contributed by atoms with E-state index in [1.807, 2.05) is 58.9 Å². The molecule has 1 amide bonds. The van der Waals surface area contributed by atoms with Gasteiger partial charge in [0.25, 0.3) is 5.91 Å². The third-order valence-electron chi connectivity index (χ3n) is 3.56. The van der Waals surface area contributed by atoms with E-state index in [2.05, 4.69) is 5.32 Å². The summed E-state index contributed by atoms with van der Waals surface area (Å²) in [5.74, 6) is 0.651. The van der Waals surface area contributed by atoms with Gasteiger partial charge in [-0.05, 0) is 25.0 Å². The molecule has 4 heteroatoms. The van der Waals surface area contributed by atoms with Gasteiger partial charge in [-0.1, -0.05) is 45.4 Å². The molecule has 0 saturated heterocycles. The summed E-state index contributed by atoms with van der Waals surface area (Å²) in [6, 6.07) is 7.56. The number of nitrogens with one attached hydrogen (secondary N) is 1. The molecule has 1 rings (SSSR count). The smallest absolute Gasteiger partial charge is 0.257 e. The zero-order valence-electron chi connectivity index (χ0n) is 13.6. The molecule has 0 aliphatic carbocycles.